The van der Waals surface area contributed by atoms with E-state index in [9.17, 15) is 9.59 Å². The highest BCUT2D eigenvalue weighted by Gasteiger charge is 2.05. The quantitative estimate of drug-likeness (QED) is 0.146. The minimum atomic E-state index is -0.379. The molecule has 0 atom stereocenters. The van der Waals surface area contributed by atoms with Gasteiger partial charge in [0.25, 0.3) is 5.91 Å². The van der Waals surface area contributed by atoms with Crippen LogP contribution in [0.25, 0.3) is 0 Å². The molecular formula is C26H39N3O3. The number of carbonyl (C=O) groups is 2. The van der Waals surface area contributed by atoms with E-state index in [0.717, 1.165) is 12.8 Å². The predicted octanol–water partition coefficient (Wildman–Crippen LogP) is 4.97. The standard InChI is InChI=1S/C26H39N3O3/c1-3-5-6-7-8-9-10-11-12-13-14-19-25(30)27-22-26(31)29-28-21-23-17-15-16-18-24(23)32-20-4-2/h2,15-18,21H,3,5-14,19-20,22H2,1H3,(H,27,30)(H,29,31)/b28-21+. The van der Waals surface area contributed by atoms with Crippen molar-refractivity contribution in [2.45, 2.75) is 84.0 Å². The number of nitrogens with zero attached hydrogens (tertiary/aromatic N) is 1. The van der Waals surface area contributed by atoms with Crippen LogP contribution in [0, 0.1) is 12.3 Å². The van der Waals surface area contributed by atoms with Crippen molar-refractivity contribution in [2.75, 3.05) is 13.2 Å². The summed E-state index contributed by atoms with van der Waals surface area (Å²) in [5.74, 6) is 2.51. The third-order valence-electron chi connectivity index (χ3n) is 5.08. The summed E-state index contributed by atoms with van der Waals surface area (Å²) < 4.78 is 5.42. The second-order valence-corrected chi connectivity index (χ2v) is 7.89. The van der Waals surface area contributed by atoms with Crippen molar-refractivity contribution in [1.82, 2.24) is 10.7 Å². The van der Waals surface area contributed by atoms with Crippen molar-refractivity contribution in [3.8, 4) is 18.1 Å². The Morgan fingerprint density at radius 2 is 1.59 bits per heavy atom. The van der Waals surface area contributed by atoms with Gasteiger partial charge in [-0.3, -0.25) is 9.59 Å². The lowest BCUT2D eigenvalue weighted by atomic mass is 10.1. The number of rotatable bonds is 18. The van der Waals surface area contributed by atoms with E-state index in [-0.39, 0.29) is 25.0 Å². The largest absolute Gasteiger partial charge is 0.480 e. The second kappa shape index (κ2) is 18.9. The maximum atomic E-state index is 11.9. The monoisotopic (exact) mass is 441 g/mol. The molecule has 1 aromatic rings. The van der Waals surface area contributed by atoms with Crippen molar-refractivity contribution in [1.29, 1.82) is 0 Å². The van der Waals surface area contributed by atoms with Gasteiger partial charge >= 0.3 is 0 Å². The van der Waals surface area contributed by atoms with Crippen LogP contribution in [0.4, 0.5) is 0 Å². The Morgan fingerprint density at radius 3 is 2.25 bits per heavy atom. The molecule has 0 aliphatic carbocycles. The van der Waals surface area contributed by atoms with Crippen molar-refractivity contribution >= 4 is 18.0 Å². The Kier molecular flexibility index (Phi) is 16.1. The Bertz CT molecular complexity index is 725. The molecule has 2 amide bonds. The fourth-order valence-corrected chi connectivity index (χ4v) is 3.27. The molecule has 0 heterocycles. The number of hydrazone groups is 1. The maximum absolute atomic E-state index is 11.9. The number of unbranched alkanes of at least 4 members (excludes halogenated alkanes) is 10. The van der Waals surface area contributed by atoms with Crippen LogP contribution in [-0.2, 0) is 9.59 Å². The summed E-state index contributed by atoms with van der Waals surface area (Å²) in [5, 5.41) is 6.55. The van der Waals surface area contributed by atoms with Crippen molar-refractivity contribution in [2.24, 2.45) is 5.10 Å². The summed E-state index contributed by atoms with van der Waals surface area (Å²) in [4.78, 5) is 23.7. The van der Waals surface area contributed by atoms with Gasteiger partial charge in [-0.05, 0) is 18.6 Å². The normalized spacial score (nSPS) is 10.6. The first kappa shape index (κ1) is 27.2. The molecule has 1 aromatic carbocycles. The van der Waals surface area contributed by atoms with Gasteiger partial charge in [0.1, 0.15) is 12.4 Å². The molecule has 176 valence electrons. The van der Waals surface area contributed by atoms with E-state index < -0.39 is 0 Å². The van der Waals surface area contributed by atoms with Gasteiger partial charge < -0.3 is 10.1 Å². The number of benzene rings is 1. The molecule has 0 aliphatic rings. The molecular weight excluding hydrogens is 402 g/mol. The molecule has 0 bridgehead atoms. The number of hydrogen-bond donors (Lipinski definition) is 2. The molecule has 0 aliphatic heterocycles. The molecule has 0 aromatic heterocycles. The predicted molar refractivity (Wildman–Crippen MR) is 131 cm³/mol. The van der Waals surface area contributed by atoms with Gasteiger partial charge in [-0.25, -0.2) is 5.43 Å². The summed E-state index contributed by atoms with van der Waals surface area (Å²) in [7, 11) is 0. The molecule has 1 rings (SSSR count). The zero-order valence-corrected chi connectivity index (χ0v) is 19.5. The molecule has 6 nitrogen and oxygen atoms in total. The highest BCUT2D eigenvalue weighted by atomic mass is 16.5. The van der Waals surface area contributed by atoms with Crippen molar-refractivity contribution < 1.29 is 14.3 Å². The molecule has 32 heavy (non-hydrogen) atoms. The van der Waals surface area contributed by atoms with E-state index >= 15 is 0 Å². The first-order chi connectivity index (χ1) is 15.7. The van der Waals surface area contributed by atoms with Gasteiger partial charge in [0, 0.05) is 12.0 Å². The highest BCUT2D eigenvalue weighted by Crippen LogP contribution is 2.15. The second-order valence-electron chi connectivity index (χ2n) is 7.89. The summed E-state index contributed by atoms with van der Waals surface area (Å²) in [6.45, 7) is 2.30. The Balaban J connectivity index is 2.07. The number of hydrogen-bond acceptors (Lipinski definition) is 4. The van der Waals surface area contributed by atoms with Crippen molar-refractivity contribution in [3.63, 3.8) is 0 Å². The SMILES string of the molecule is C#CCOc1ccccc1/C=N/NC(=O)CNC(=O)CCCCCCCCCCCCC. The lowest BCUT2D eigenvalue weighted by Gasteiger charge is -2.06. The highest BCUT2D eigenvalue weighted by molar-refractivity contribution is 5.87. The van der Waals surface area contributed by atoms with Crippen LogP contribution >= 0.6 is 0 Å². The zero-order chi connectivity index (χ0) is 23.3. The molecule has 0 saturated carbocycles. The average Bonchev–Trinajstić information content (AvgIpc) is 2.80. The van der Waals surface area contributed by atoms with Gasteiger partial charge in [0.2, 0.25) is 5.91 Å². The van der Waals surface area contributed by atoms with E-state index in [0.29, 0.717) is 17.7 Å². The van der Waals surface area contributed by atoms with Crippen LogP contribution < -0.4 is 15.5 Å². The van der Waals surface area contributed by atoms with Crippen LogP contribution in [0.1, 0.15) is 89.5 Å². The van der Waals surface area contributed by atoms with Crippen molar-refractivity contribution in [3.05, 3.63) is 29.8 Å². The zero-order valence-electron chi connectivity index (χ0n) is 19.5. The van der Waals surface area contributed by atoms with E-state index in [1.807, 2.05) is 12.1 Å². The van der Waals surface area contributed by atoms with E-state index in [2.05, 4.69) is 28.7 Å². The first-order valence-corrected chi connectivity index (χ1v) is 11.9. The summed E-state index contributed by atoms with van der Waals surface area (Å²) in [5.41, 5.74) is 3.10. The molecule has 0 radical (unpaired) electrons. The lowest BCUT2D eigenvalue weighted by molar-refractivity contribution is -0.126. The van der Waals surface area contributed by atoms with Crippen LogP contribution in [0.3, 0.4) is 0 Å². The van der Waals surface area contributed by atoms with Gasteiger partial charge in [-0.1, -0.05) is 89.2 Å². The lowest BCUT2D eigenvalue weighted by Crippen LogP contribution is -2.34. The number of amides is 2. The summed E-state index contributed by atoms with van der Waals surface area (Å²) >= 11 is 0. The third-order valence-corrected chi connectivity index (χ3v) is 5.08. The average molecular weight is 442 g/mol. The number of carbonyl (C=O) groups excluding carboxylic acids is 2. The Labute approximate surface area is 193 Å². The fourth-order valence-electron chi connectivity index (χ4n) is 3.27. The van der Waals surface area contributed by atoms with Gasteiger partial charge in [-0.15, -0.1) is 6.42 Å². The summed E-state index contributed by atoms with van der Waals surface area (Å²) in [6, 6.07) is 7.24. The fraction of sp³-hybridized carbons (Fsp3) is 0.577. The van der Waals surface area contributed by atoms with Gasteiger partial charge in [0.15, 0.2) is 0 Å². The minimum absolute atomic E-state index is 0.0938. The van der Waals surface area contributed by atoms with Gasteiger partial charge in [-0.2, -0.15) is 5.10 Å². The molecule has 0 fully saturated rings. The molecule has 6 heteroatoms. The minimum Gasteiger partial charge on any atom is -0.480 e. The number of para-hydroxylation sites is 1. The smallest absolute Gasteiger partial charge is 0.259 e. The Hall–Kier alpha value is -2.81. The molecule has 0 saturated heterocycles. The first-order valence-electron chi connectivity index (χ1n) is 11.9. The van der Waals surface area contributed by atoms with E-state index in [1.54, 1.807) is 12.1 Å². The van der Waals surface area contributed by atoms with E-state index in [4.69, 9.17) is 11.2 Å². The maximum Gasteiger partial charge on any atom is 0.259 e. The number of ether oxygens (including phenoxy) is 1. The Morgan fingerprint density at radius 1 is 0.969 bits per heavy atom. The van der Waals surface area contributed by atoms with Crippen LogP contribution in [-0.4, -0.2) is 31.2 Å². The number of terminal acetylenes is 1. The van der Waals surface area contributed by atoms with Gasteiger partial charge in [0.05, 0.1) is 12.8 Å². The van der Waals surface area contributed by atoms with Crippen LogP contribution in [0.2, 0.25) is 0 Å². The van der Waals surface area contributed by atoms with Crippen LogP contribution in [0.15, 0.2) is 29.4 Å². The molecule has 0 unspecified atom stereocenters. The van der Waals surface area contributed by atoms with Crippen LogP contribution in [0.5, 0.6) is 5.75 Å². The molecule has 0 spiro atoms. The van der Waals surface area contributed by atoms with E-state index in [1.165, 1.54) is 64.0 Å². The third kappa shape index (κ3) is 14.2. The summed E-state index contributed by atoms with van der Waals surface area (Å²) in [6.07, 6.45) is 20.8. The molecule has 2 N–H and O–H groups in total. The number of nitrogens with one attached hydrogen (secondary N) is 2. The topological polar surface area (TPSA) is 79.8 Å².